The molecule has 0 aromatic rings. The largest absolute Gasteiger partial charge is 0.380 e. The van der Waals surface area contributed by atoms with Crippen molar-refractivity contribution >= 4 is 6.21 Å². The van der Waals surface area contributed by atoms with E-state index in [2.05, 4.69) is 15.4 Å². The standard InChI is InChI=1S/C7H15N3O/c1-2-9-11-7-10-5-3-8-4-6-10/h2,8H,3-7H2,1H3/b9-2+. The Hall–Kier alpha value is -0.610. The summed E-state index contributed by atoms with van der Waals surface area (Å²) in [6, 6.07) is 0. The summed E-state index contributed by atoms with van der Waals surface area (Å²) in [4.78, 5) is 7.22. The summed E-state index contributed by atoms with van der Waals surface area (Å²) < 4.78 is 0. The zero-order valence-electron chi connectivity index (χ0n) is 6.92. The number of nitrogens with one attached hydrogen (secondary N) is 1. The average Bonchev–Trinajstić information content (AvgIpc) is 2.07. The van der Waals surface area contributed by atoms with Gasteiger partial charge in [0.1, 0.15) is 0 Å². The Morgan fingerprint density at radius 3 is 2.91 bits per heavy atom. The smallest absolute Gasteiger partial charge is 0.170 e. The van der Waals surface area contributed by atoms with Gasteiger partial charge in [-0.15, -0.1) is 0 Å². The van der Waals surface area contributed by atoms with E-state index in [1.165, 1.54) is 0 Å². The third-order valence-corrected chi connectivity index (χ3v) is 1.63. The lowest BCUT2D eigenvalue weighted by Crippen LogP contribution is -2.44. The topological polar surface area (TPSA) is 36.9 Å². The van der Waals surface area contributed by atoms with Crippen molar-refractivity contribution in [3.63, 3.8) is 0 Å². The number of hydrogen-bond acceptors (Lipinski definition) is 4. The number of hydrogen-bond donors (Lipinski definition) is 1. The van der Waals surface area contributed by atoms with Crippen molar-refractivity contribution in [3.8, 4) is 0 Å². The minimum Gasteiger partial charge on any atom is -0.380 e. The quantitative estimate of drug-likeness (QED) is 0.458. The van der Waals surface area contributed by atoms with Gasteiger partial charge < -0.3 is 10.2 Å². The van der Waals surface area contributed by atoms with Gasteiger partial charge in [-0.2, -0.15) is 0 Å². The molecule has 0 saturated carbocycles. The first-order valence-corrected chi connectivity index (χ1v) is 3.96. The second-order valence-electron chi connectivity index (χ2n) is 2.49. The highest BCUT2D eigenvalue weighted by Gasteiger charge is 2.08. The maximum atomic E-state index is 4.99. The van der Waals surface area contributed by atoms with Gasteiger partial charge in [0.05, 0.1) is 0 Å². The highest BCUT2D eigenvalue weighted by atomic mass is 16.6. The first-order chi connectivity index (χ1) is 5.43. The number of piperazine rings is 1. The van der Waals surface area contributed by atoms with Crippen LogP contribution < -0.4 is 5.32 Å². The zero-order valence-corrected chi connectivity index (χ0v) is 6.92. The van der Waals surface area contributed by atoms with Crippen molar-refractivity contribution in [1.29, 1.82) is 0 Å². The third kappa shape index (κ3) is 3.34. The summed E-state index contributed by atoms with van der Waals surface area (Å²) in [5, 5.41) is 6.95. The Balaban J connectivity index is 2.04. The molecule has 4 nitrogen and oxygen atoms in total. The van der Waals surface area contributed by atoms with Crippen LogP contribution in [0, 0.1) is 0 Å². The van der Waals surface area contributed by atoms with Crippen LogP contribution >= 0.6 is 0 Å². The molecule has 1 heterocycles. The van der Waals surface area contributed by atoms with Gasteiger partial charge in [0, 0.05) is 32.4 Å². The summed E-state index contributed by atoms with van der Waals surface area (Å²) in [6.45, 7) is 6.68. The molecule has 0 aromatic heterocycles. The van der Waals surface area contributed by atoms with Gasteiger partial charge >= 0.3 is 0 Å². The highest BCUT2D eigenvalue weighted by Crippen LogP contribution is 1.91. The summed E-state index contributed by atoms with van der Waals surface area (Å²) in [5.74, 6) is 0. The molecule has 4 heteroatoms. The minimum absolute atomic E-state index is 0.617. The van der Waals surface area contributed by atoms with Crippen LogP contribution in [0.1, 0.15) is 6.92 Å². The molecule has 1 fully saturated rings. The Kier molecular flexibility index (Phi) is 3.93. The molecule has 1 N–H and O–H groups in total. The molecule has 0 radical (unpaired) electrons. The van der Waals surface area contributed by atoms with E-state index in [-0.39, 0.29) is 0 Å². The van der Waals surface area contributed by atoms with Gasteiger partial charge in [-0.05, 0) is 6.92 Å². The summed E-state index contributed by atoms with van der Waals surface area (Å²) in [7, 11) is 0. The first kappa shape index (κ1) is 8.49. The SMILES string of the molecule is C/C=N/OCN1CCNCC1. The third-order valence-electron chi connectivity index (χ3n) is 1.63. The first-order valence-electron chi connectivity index (χ1n) is 3.96. The summed E-state index contributed by atoms with van der Waals surface area (Å²) in [6.07, 6.45) is 1.65. The van der Waals surface area contributed by atoms with Crippen molar-refractivity contribution < 1.29 is 4.84 Å². The molecule has 0 unspecified atom stereocenters. The monoisotopic (exact) mass is 157 g/mol. The van der Waals surface area contributed by atoms with Crippen molar-refractivity contribution in [1.82, 2.24) is 10.2 Å². The lowest BCUT2D eigenvalue weighted by molar-refractivity contribution is 0.0268. The van der Waals surface area contributed by atoms with E-state index in [1.54, 1.807) is 6.21 Å². The van der Waals surface area contributed by atoms with E-state index in [4.69, 9.17) is 4.84 Å². The molecule has 1 aliphatic heterocycles. The lowest BCUT2D eigenvalue weighted by Gasteiger charge is -2.25. The van der Waals surface area contributed by atoms with Crippen LogP contribution in [0.4, 0.5) is 0 Å². The normalized spacial score (nSPS) is 20.8. The zero-order chi connectivity index (χ0) is 7.94. The number of nitrogens with zero attached hydrogens (tertiary/aromatic N) is 2. The summed E-state index contributed by atoms with van der Waals surface area (Å²) in [5.41, 5.74) is 0. The van der Waals surface area contributed by atoms with Crippen LogP contribution in [0.3, 0.4) is 0 Å². The van der Waals surface area contributed by atoms with Crippen molar-refractivity contribution in [2.75, 3.05) is 32.9 Å². The summed E-state index contributed by atoms with van der Waals surface area (Å²) >= 11 is 0. The Bertz CT molecular complexity index is 121. The van der Waals surface area contributed by atoms with Gasteiger partial charge in [0.25, 0.3) is 0 Å². The Morgan fingerprint density at radius 1 is 1.55 bits per heavy atom. The fourth-order valence-electron chi connectivity index (χ4n) is 1.03. The van der Waals surface area contributed by atoms with Gasteiger partial charge in [0.15, 0.2) is 6.73 Å². The Morgan fingerprint density at radius 2 is 2.27 bits per heavy atom. The fraction of sp³-hybridized carbons (Fsp3) is 0.857. The van der Waals surface area contributed by atoms with Gasteiger partial charge in [-0.25, -0.2) is 0 Å². The molecule has 0 aliphatic carbocycles. The maximum Gasteiger partial charge on any atom is 0.170 e. The molecule has 0 amide bonds. The molecule has 1 aliphatic rings. The highest BCUT2D eigenvalue weighted by molar-refractivity contribution is 5.52. The number of rotatable bonds is 3. The molecule has 0 aromatic carbocycles. The van der Waals surface area contributed by atoms with E-state index in [0.29, 0.717) is 6.73 Å². The maximum absolute atomic E-state index is 4.99. The van der Waals surface area contributed by atoms with Crippen LogP contribution in [-0.2, 0) is 4.84 Å². The van der Waals surface area contributed by atoms with Gasteiger partial charge in [-0.3, -0.25) is 4.90 Å². The van der Waals surface area contributed by atoms with E-state index < -0.39 is 0 Å². The molecular formula is C7H15N3O. The van der Waals surface area contributed by atoms with Gasteiger partial charge in [-0.1, -0.05) is 5.16 Å². The molecule has 1 saturated heterocycles. The minimum atomic E-state index is 0.617. The van der Waals surface area contributed by atoms with Crippen molar-refractivity contribution in [2.45, 2.75) is 6.92 Å². The predicted molar refractivity (Wildman–Crippen MR) is 44.6 cm³/mol. The molecular weight excluding hydrogens is 142 g/mol. The van der Waals surface area contributed by atoms with Crippen LogP contribution in [-0.4, -0.2) is 44.0 Å². The molecule has 11 heavy (non-hydrogen) atoms. The predicted octanol–water partition coefficient (Wildman–Crippen LogP) is -0.129. The molecule has 1 rings (SSSR count). The molecule has 0 bridgehead atoms. The van der Waals surface area contributed by atoms with Crippen molar-refractivity contribution in [2.24, 2.45) is 5.16 Å². The van der Waals surface area contributed by atoms with Crippen LogP contribution in [0.25, 0.3) is 0 Å². The van der Waals surface area contributed by atoms with Gasteiger partial charge in [0.2, 0.25) is 0 Å². The fourth-order valence-corrected chi connectivity index (χ4v) is 1.03. The number of oxime groups is 1. The molecule has 0 spiro atoms. The van der Waals surface area contributed by atoms with E-state index >= 15 is 0 Å². The molecule has 0 atom stereocenters. The van der Waals surface area contributed by atoms with Crippen LogP contribution in [0.15, 0.2) is 5.16 Å². The van der Waals surface area contributed by atoms with Crippen LogP contribution in [0.2, 0.25) is 0 Å². The van der Waals surface area contributed by atoms with E-state index in [0.717, 1.165) is 26.2 Å². The lowest BCUT2D eigenvalue weighted by atomic mass is 10.4. The molecule has 64 valence electrons. The second kappa shape index (κ2) is 5.09. The van der Waals surface area contributed by atoms with Crippen LogP contribution in [0.5, 0.6) is 0 Å². The van der Waals surface area contributed by atoms with E-state index in [1.807, 2.05) is 6.92 Å². The Labute approximate surface area is 67.2 Å². The second-order valence-corrected chi connectivity index (χ2v) is 2.49. The van der Waals surface area contributed by atoms with E-state index in [9.17, 15) is 0 Å². The average molecular weight is 157 g/mol. The van der Waals surface area contributed by atoms with Crippen molar-refractivity contribution in [3.05, 3.63) is 0 Å².